The predicted octanol–water partition coefficient (Wildman–Crippen LogP) is 9.33. The van der Waals surface area contributed by atoms with Gasteiger partial charge in [-0.05, 0) is 83.5 Å². The number of rotatable bonds is 8. The van der Waals surface area contributed by atoms with Crippen molar-refractivity contribution in [3.8, 4) is 16.9 Å². The number of hydrogen-bond donors (Lipinski definition) is 1. The van der Waals surface area contributed by atoms with Crippen molar-refractivity contribution in [3.05, 3.63) is 88.0 Å². The Morgan fingerprint density at radius 3 is 2.00 bits per heavy atom. The molecule has 0 aromatic heterocycles. The summed E-state index contributed by atoms with van der Waals surface area (Å²) in [5.74, 6) is 0.467. The van der Waals surface area contributed by atoms with Crippen LogP contribution in [0.25, 0.3) is 11.1 Å². The Hall–Kier alpha value is -3.69. The highest BCUT2D eigenvalue weighted by atomic mass is 19.4. The van der Waals surface area contributed by atoms with E-state index in [1.54, 1.807) is 19.1 Å². The van der Waals surface area contributed by atoms with Crippen LogP contribution in [0.4, 0.5) is 31.1 Å². The minimum Gasteiger partial charge on any atom is -0.496 e. The molecular weight excluding hydrogens is 536 g/mol. The Bertz CT molecular complexity index is 1360. The topological polar surface area (TPSA) is 49.8 Å². The van der Waals surface area contributed by atoms with Crippen LogP contribution < -0.4 is 4.74 Å². The zero-order valence-electron chi connectivity index (χ0n) is 22.7. The second kappa shape index (κ2) is 11.8. The fraction of sp³-hybridized carbons (Fsp3) is 0.367. The van der Waals surface area contributed by atoms with E-state index in [1.807, 2.05) is 19.9 Å². The van der Waals surface area contributed by atoms with E-state index in [-0.39, 0.29) is 23.5 Å². The van der Waals surface area contributed by atoms with Crippen molar-refractivity contribution in [2.75, 3.05) is 7.11 Å². The zero-order chi connectivity index (χ0) is 30.0. The fourth-order valence-electron chi connectivity index (χ4n) is 4.58. The summed E-state index contributed by atoms with van der Waals surface area (Å²) >= 11 is 0. The lowest BCUT2D eigenvalue weighted by Gasteiger charge is -2.30. The van der Waals surface area contributed by atoms with Gasteiger partial charge < -0.3 is 9.84 Å². The molecule has 40 heavy (non-hydrogen) atoms. The van der Waals surface area contributed by atoms with Crippen LogP contribution in [0.1, 0.15) is 73.0 Å². The highest BCUT2D eigenvalue weighted by Crippen LogP contribution is 2.42. The molecule has 0 aliphatic rings. The second-order valence-electron chi connectivity index (χ2n) is 9.89. The summed E-state index contributed by atoms with van der Waals surface area (Å²) in [5, 5.41) is 10.1. The van der Waals surface area contributed by atoms with Gasteiger partial charge in [-0.1, -0.05) is 39.0 Å². The van der Waals surface area contributed by atoms with Gasteiger partial charge in [0.1, 0.15) is 5.75 Å². The first-order chi connectivity index (χ1) is 18.6. The number of hydrogen-bond acceptors (Lipinski definition) is 2. The van der Waals surface area contributed by atoms with E-state index in [0.29, 0.717) is 22.4 Å². The first kappa shape index (κ1) is 30.8. The Morgan fingerprint density at radius 2 is 1.48 bits per heavy atom. The van der Waals surface area contributed by atoms with Gasteiger partial charge in [-0.15, -0.1) is 0 Å². The SMILES string of the molecule is CCc1cc(CN(C(=O)O)C(C)c2cc(C(F)(F)F)ccc2-c2cc(C(C)C)ccc2OC)cc(C(F)(F)F)c1. The van der Waals surface area contributed by atoms with E-state index >= 15 is 0 Å². The molecular formula is C30H31F6NO3. The van der Waals surface area contributed by atoms with Crippen molar-refractivity contribution in [3.63, 3.8) is 0 Å². The summed E-state index contributed by atoms with van der Waals surface area (Å²) in [6, 6.07) is 10.6. The number of methoxy groups -OCH3 is 1. The summed E-state index contributed by atoms with van der Waals surface area (Å²) in [5.41, 5.74) is 0.266. The highest BCUT2D eigenvalue weighted by Gasteiger charge is 2.34. The van der Waals surface area contributed by atoms with Crippen LogP contribution in [-0.2, 0) is 25.3 Å². The van der Waals surface area contributed by atoms with Gasteiger partial charge >= 0.3 is 18.4 Å². The molecule has 0 radical (unpaired) electrons. The molecule has 4 nitrogen and oxygen atoms in total. The lowest BCUT2D eigenvalue weighted by atomic mass is 9.89. The van der Waals surface area contributed by atoms with Crippen molar-refractivity contribution in [2.45, 2.75) is 65.0 Å². The molecule has 0 aliphatic heterocycles. The fourth-order valence-corrected chi connectivity index (χ4v) is 4.58. The predicted molar refractivity (Wildman–Crippen MR) is 140 cm³/mol. The number of ether oxygens (including phenoxy) is 1. The van der Waals surface area contributed by atoms with E-state index < -0.39 is 42.2 Å². The molecule has 216 valence electrons. The van der Waals surface area contributed by atoms with E-state index in [0.717, 1.165) is 34.7 Å². The summed E-state index contributed by atoms with van der Waals surface area (Å²) in [4.78, 5) is 13.2. The Morgan fingerprint density at radius 1 is 0.850 bits per heavy atom. The van der Waals surface area contributed by atoms with Crippen molar-refractivity contribution in [2.24, 2.45) is 0 Å². The van der Waals surface area contributed by atoms with Crippen LogP contribution in [0.2, 0.25) is 0 Å². The Kier molecular flexibility index (Phi) is 9.11. The molecule has 1 N–H and O–H groups in total. The summed E-state index contributed by atoms with van der Waals surface area (Å²) in [6.45, 7) is 6.53. The molecule has 0 fully saturated rings. The number of carbonyl (C=O) groups is 1. The maximum Gasteiger partial charge on any atom is 0.416 e. The van der Waals surface area contributed by atoms with Crippen LogP contribution in [0.5, 0.6) is 5.75 Å². The lowest BCUT2D eigenvalue weighted by molar-refractivity contribution is -0.138. The van der Waals surface area contributed by atoms with Crippen LogP contribution in [0.3, 0.4) is 0 Å². The molecule has 3 aromatic carbocycles. The Balaban J connectivity index is 2.21. The monoisotopic (exact) mass is 567 g/mol. The smallest absolute Gasteiger partial charge is 0.416 e. The largest absolute Gasteiger partial charge is 0.496 e. The van der Waals surface area contributed by atoms with Gasteiger partial charge in [0, 0.05) is 12.1 Å². The third-order valence-electron chi connectivity index (χ3n) is 6.86. The molecule has 10 heteroatoms. The van der Waals surface area contributed by atoms with Crippen LogP contribution in [0, 0.1) is 0 Å². The average Bonchev–Trinajstić information content (AvgIpc) is 2.89. The normalized spacial score (nSPS) is 12.9. The summed E-state index contributed by atoms with van der Waals surface area (Å²) < 4.78 is 87.3. The molecule has 0 aliphatic carbocycles. The van der Waals surface area contributed by atoms with Gasteiger partial charge in [0.25, 0.3) is 0 Å². The van der Waals surface area contributed by atoms with Crippen LogP contribution >= 0.6 is 0 Å². The standard InChI is InChI=1S/C30H31F6NO3/c1-6-19-11-20(13-23(12-19)30(34,35)36)16-37(28(38)39)18(4)25-15-22(29(31,32)33)8-9-24(25)26-14-21(17(2)3)7-10-27(26)40-5/h7-15,17-18H,6,16H2,1-5H3,(H,38,39). The van der Waals surface area contributed by atoms with Gasteiger partial charge in [0.05, 0.1) is 24.3 Å². The molecule has 3 aromatic rings. The third kappa shape index (κ3) is 6.89. The van der Waals surface area contributed by atoms with E-state index in [4.69, 9.17) is 4.74 Å². The molecule has 0 bridgehead atoms. The number of halogens is 6. The molecule has 0 saturated carbocycles. The maximum atomic E-state index is 13.8. The lowest BCUT2D eigenvalue weighted by Crippen LogP contribution is -2.32. The van der Waals surface area contributed by atoms with Crippen LogP contribution in [-0.4, -0.2) is 23.2 Å². The maximum absolute atomic E-state index is 13.8. The number of carboxylic acid groups (broad SMARTS) is 1. The number of benzene rings is 3. The minimum absolute atomic E-state index is 0.0409. The highest BCUT2D eigenvalue weighted by molar-refractivity contribution is 5.76. The van der Waals surface area contributed by atoms with E-state index in [1.165, 1.54) is 26.2 Å². The number of nitrogens with zero attached hydrogens (tertiary/aromatic N) is 1. The molecule has 0 saturated heterocycles. The second-order valence-corrected chi connectivity index (χ2v) is 9.89. The quantitative estimate of drug-likeness (QED) is 0.276. The van der Waals surface area contributed by atoms with Gasteiger partial charge in [-0.3, -0.25) is 4.90 Å². The van der Waals surface area contributed by atoms with E-state index in [9.17, 15) is 36.2 Å². The molecule has 3 rings (SSSR count). The van der Waals surface area contributed by atoms with Crippen LogP contribution in [0.15, 0.2) is 54.6 Å². The molecule has 0 spiro atoms. The van der Waals surface area contributed by atoms with Crippen molar-refractivity contribution in [1.29, 1.82) is 0 Å². The van der Waals surface area contributed by atoms with Crippen molar-refractivity contribution >= 4 is 6.09 Å². The van der Waals surface area contributed by atoms with Crippen molar-refractivity contribution in [1.82, 2.24) is 4.90 Å². The first-order valence-electron chi connectivity index (χ1n) is 12.7. The van der Waals surface area contributed by atoms with Gasteiger partial charge in [0.15, 0.2) is 0 Å². The number of amides is 1. The van der Waals surface area contributed by atoms with Crippen molar-refractivity contribution < 1.29 is 41.0 Å². The Labute approximate surface area is 229 Å². The van der Waals surface area contributed by atoms with Gasteiger partial charge in [-0.25, -0.2) is 4.79 Å². The van der Waals surface area contributed by atoms with Gasteiger partial charge in [0.2, 0.25) is 0 Å². The number of aryl methyl sites for hydroxylation is 1. The third-order valence-corrected chi connectivity index (χ3v) is 6.86. The molecule has 0 heterocycles. The molecule has 1 unspecified atom stereocenters. The summed E-state index contributed by atoms with van der Waals surface area (Å²) in [7, 11) is 1.42. The summed E-state index contributed by atoms with van der Waals surface area (Å²) in [6.07, 6.45) is -10.6. The number of alkyl halides is 6. The molecule has 1 amide bonds. The molecule has 1 atom stereocenters. The van der Waals surface area contributed by atoms with Gasteiger partial charge in [-0.2, -0.15) is 26.3 Å². The average molecular weight is 568 g/mol. The first-order valence-corrected chi connectivity index (χ1v) is 12.7. The van der Waals surface area contributed by atoms with E-state index in [2.05, 4.69) is 0 Å². The minimum atomic E-state index is -4.71. The zero-order valence-corrected chi connectivity index (χ0v) is 22.7.